The summed E-state index contributed by atoms with van der Waals surface area (Å²) in [5, 5.41) is 17.3. The zero-order valence-corrected chi connectivity index (χ0v) is 22.0. The number of hydrazine groups is 1. The minimum atomic E-state index is -0.846. The first-order valence-corrected chi connectivity index (χ1v) is 13.4. The fourth-order valence-electron chi connectivity index (χ4n) is 4.99. The number of nitrogens with one attached hydrogen (secondary N) is 2. The molecular formula is C34H30N6. The molecule has 196 valence electrons. The lowest BCUT2D eigenvalue weighted by molar-refractivity contribution is 0.288. The van der Waals surface area contributed by atoms with Gasteiger partial charge >= 0.3 is 0 Å². The molecule has 6 rings (SSSR count). The van der Waals surface area contributed by atoms with Gasteiger partial charge in [0.15, 0.2) is 6.17 Å². The van der Waals surface area contributed by atoms with E-state index >= 15 is 0 Å². The molecule has 2 N–H and O–H groups in total. The molecule has 5 aromatic rings. The molecule has 0 spiro atoms. The minimum absolute atomic E-state index is 0.433. The number of nitrogens with zero attached hydrogens (tertiary/aromatic N) is 4. The van der Waals surface area contributed by atoms with Gasteiger partial charge in [0.2, 0.25) is 0 Å². The van der Waals surface area contributed by atoms with Gasteiger partial charge in [-0.05, 0) is 47.5 Å². The maximum absolute atomic E-state index is 5.24. The van der Waals surface area contributed by atoms with E-state index in [2.05, 4.69) is 59.4 Å². The number of azo groups is 1. The lowest BCUT2D eigenvalue weighted by Gasteiger charge is -2.46. The molecule has 0 saturated heterocycles. The summed E-state index contributed by atoms with van der Waals surface area (Å²) in [7, 11) is 0. The molecule has 1 aliphatic rings. The summed E-state index contributed by atoms with van der Waals surface area (Å²) in [5.41, 5.74) is 11.9. The normalized spacial score (nSPS) is 18.9. The van der Waals surface area contributed by atoms with Crippen LogP contribution in [0.25, 0.3) is 0 Å². The minimum Gasteiger partial charge on any atom is -0.319 e. The van der Waals surface area contributed by atoms with Crippen LogP contribution < -0.4 is 15.9 Å². The van der Waals surface area contributed by atoms with Crippen molar-refractivity contribution >= 4 is 22.8 Å². The third kappa shape index (κ3) is 5.39. The van der Waals surface area contributed by atoms with Crippen LogP contribution in [0.4, 0.5) is 17.1 Å². The Labute approximate surface area is 234 Å². The average molecular weight is 523 g/mol. The number of rotatable bonds is 8. The van der Waals surface area contributed by atoms with Crippen molar-refractivity contribution in [2.75, 3.05) is 10.4 Å². The third-order valence-electron chi connectivity index (χ3n) is 6.99. The van der Waals surface area contributed by atoms with Gasteiger partial charge in [-0.2, -0.15) is 15.3 Å². The van der Waals surface area contributed by atoms with Crippen LogP contribution in [0.3, 0.4) is 0 Å². The van der Waals surface area contributed by atoms with E-state index in [1.807, 2.05) is 108 Å². The molecule has 2 atom stereocenters. The Morgan fingerprint density at radius 2 is 1.20 bits per heavy atom. The van der Waals surface area contributed by atoms with E-state index in [0.717, 1.165) is 33.9 Å². The van der Waals surface area contributed by atoms with Gasteiger partial charge in [0.1, 0.15) is 5.54 Å². The van der Waals surface area contributed by atoms with E-state index in [4.69, 9.17) is 15.3 Å². The van der Waals surface area contributed by atoms with Gasteiger partial charge in [0.05, 0.1) is 17.1 Å². The quantitative estimate of drug-likeness (QED) is 0.161. The second-order valence-electron chi connectivity index (χ2n) is 9.63. The van der Waals surface area contributed by atoms with Gasteiger partial charge < -0.3 is 5.43 Å². The Morgan fingerprint density at radius 1 is 0.650 bits per heavy atom. The molecule has 1 aliphatic heterocycles. The molecule has 0 saturated carbocycles. The van der Waals surface area contributed by atoms with Crippen LogP contribution in [0.5, 0.6) is 0 Å². The van der Waals surface area contributed by atoms with Crippen molar-refractivity contribution in [2.45, 2.75) is 18.1 Å². The first kappa shape index (κ1) is 25.2. The first-order valence-electron chi connectivity index (χ1n) is 13.4. The number of anilines is 2. The lowest BCUT2D eigenvalue weighted by Crippen LogP contribution is -2.61. The number of para-hydroxylation sites is 2. The predicted octanol–water partition coefficient (Wildman–Crippen LogP) is 7.92. The maximum Gasteiger partial charge on any atom is 0.150 e. The summed E-state index contributed by atoms with van der Waals surface area (Å²) in [5.74, 6) is 0. The molecule has 0 radical (unpaired) electrons. The standard InChI is InChI=1S/C34H30N6/c1-6-16-27(17-7-1)32-26-34(28-18-8-2-9-19-28,39-36-30-22-12-4-13-23-30)33(37-35-29-20-10-3-11-21-29)40(38-32)31-24-14-5-15-25-31/h1-25,33,35,37H,26H2/t33-,34-/m1/s1. The Balaban J connectivity index is 1.56. The molecule has 0 aromatic heterocycles. The molecule has 6 nitrogen and oxygen atoms in total. The van der Waals surface area contributed by atoms with Gasteiger partial charge in [-0.1, -0.05) is 115 Å². The van der Waals surface area contributed by atoms with Crippen LogP contribution in [0.1, 0.15) is 17.5 Å². The molecule has 5 aromatic carbocycles. The first-order chi connectivity index (χ1) is 19.8. The van der Waals surface area contributed by atoms with Crippen molar-refractivity contribution < 1.29 is 0 Å². The number of hydrogen-bond donors (Lipinski definition) is 2. The molecule has 1 heterocycles. The topological polar surface area (TPSA) is 64.4 Å². The molecule has 0 bridgehead atoms. The third-order valence-corrected chi connectivity index (χ3v) is 6.99. The highest BCUT2D eigenvalue weighted by Gasteiger charge is 2.49. The Morgan fingerprint density at radius 3 is 1.85 bits per heavy atom. The smallest absolute Gasteiger partial charge is 0.150 e. The van der Waals surface area contributed by atoms with Gasteiger partial charge in [0.25, 0.3) is 0 Å². The predicted molar refractivity (Wildman–Crippen MR) is 163 cm³/mol. The van der Waals surface area contributed by atoms with Crippen LogP contribution in [0, 0.1) is 0 Å². The molecule has 0 fully saturated rings. The highest BCUT2D eigenvalue weighted by atomic mass is 15.6. The molecule has 0 aliphatic carbocycles. The van der Waals surface area contributed by atoms with Gasteiger partial charge in [0, 0.05) is 12.1 Å². The van der Waals surface area contributed by atoms with Gasteiger partial charge in [-0.25, -0.2) is 10.4 Å². The molecule has 6 heteroatoms. The molecule has 40 heavy (non-hydrogen) atoms. The SMILES string of the molecule is c1ccc(N=N[C@@]2(c3ccccc3)CC(c3ccccc3)=NN(c3ccccc3)[C@H]2NNc2ccccc2)cc1. The Kier molecular flexibility index (Phi) is 7.42. The Bertz CT molecular complexity index is 1560. The summed E-state index contributed by atoms with van der Waals surface area (Å²) in [6, 6.07) is 50.8. The highest BCUT2D eigenvalue weighted by Crippen LogP contribution is 2.42. The van der Waals surface area contributed by atoms with E-state index in [-0.39, 0.29) is 0 Å². The molecule has 0 amide bonds. The lowest BCUT2D eigenvalue weighted by atomic mass is 9.80. The summed E-state index contributed by atoms with van der Waals surface area (Å²) >= 11 is 0. The van der Waals surface area contributed by atoms with Crippen LogP contribution in [0.2, 0.25) is 0 Å². The van der Waals surface area contributed by atoms with Crippen molar-refractivity contribution in [1.29, 1.82) is 0 Å². The molecule has 0 unspecified atom stereocenters. The fraction of sp³-hybridized carbons (Fsp3) is 0.0882. The zero-order chi connectivity index (χ0) is 27.0. The molecular weight excluding hydrogens is 492 g/mol. The van der Waals surface area contributed by atoms with Crippen LogP contribution in [-0.4, -0.2) is 11.9 Å². The van der Waals surface area contributed by atoms with Crippen LogP contribution >= 0.6 is 0 Å². The largest absolute Gasteiger partial charge is 0.319 e. The number of benzene rings is 5. The average Bonchev–Trinajstić information content (AvgIpc) is 3.05. The van der Waals surface area contributed by atoms with Crippen molar-refractivity contribution in [2.24, 2.45) is 15.3 Å². The van der Waals surface area contributed by atoms with Crippen molar-refractivity contribution in [3.05, 3.63) is 163 Å². The summed E-state index contributed by atoms with van der Waals surface area (Å²) in [6.45, 7) is 0. The second kappa shape index (κ2) is 11.8. The number of hydrazone groups is 1. The van der Waals surface area contributed by atoms with Gasteiger partial charge in [-0.15, -0.1) is 0 Å². The highest BCUT2D eigenvalue weighted by molar-refractivity contribution is 6.02. The zero-order valence-electron chi connectivity index (χ0n) is 22.0. The van der Waals surface area contributed by atoms with E-state index in [1.165, 1.54) is 0 Å². The fourth-order valence-corrected chi connectivity index (χ4v) is 4.99. The van der Waals surface area contributed by atoms with E-state index in [9.17, 15) is 0 Å². The van der Waals surface area contributed by atoms with E-state index < -0.39 is 11.7 Å². The van der Waals surface area contributed by atoms with E-state index in [0.29, 0.717) is 6.42 Å². The summed E-state index contributed by atoms with van der Waals surface area (Å²) < 4.78 is 0. The number of hydrogen-bond acceptors (Lipinski definition) is 6. The monoisotopic (exact) mass is 522 g/mol. The van der Waals surface area contributed by atoms with E-state index in [1.54, 1.807) is 0 Å². The van der Waals surface area contributed by atoms with Crippen molar-refractivity contribution in [3.8, 4) is 0 Å². The maximum atomic E-state index is 5.24. The Hall–Kier alpha value is -5.07. The second-order valence-corrected chi connectivity index (χ2v) is 9.63. The van der Waals surface area contributed by atoms with Crippen LogP contribution in [0.15, 0.2) is 167 Å². The summed E-state index contributed by atoms with van der Waals surface area (Å²) in [6.07, 6.45) is 0.104. The van der Waals surface area contributed by atoms with Crippen molar-refractivity contribution in [3.63, 3.8) is 0 Å². The van der Waals surface area contributed by atoms with Crippen LogP contribution in [-0.2, 0) is 5.54 Å². The summed E-state index contributed by atoms with van der Waals surface area (Å²) in [4.78, 5) is 0. The van der Waals surface area contributed by atoms with Gasteiger partial charge in [-0.3, -0.25) is 0 Å². The van der Waals surface area contributed by atoms with Crippen molar-refractivity contribution in [1.82, 2.24) is 5.43 Å².